The van der Waals surface area contributed by atoms with Gasteiger partial charge >= 0.3 is 0 Å². The number of hydrogen-bond donors (Lipinski definition) is 1. The molecule has 0 spiro atoms. The molecule has 0 amide bonds. The zero-order valence-electron chi connectivity index (χ0n) is 6.70. The Morgan fingerprint density at radius 1 is 1.31 bits per heavy atom. The minimum atomic E-state index is 0.575. The van der Waals surface area contributed by atoms with Gasteiger partial charge in [-0.05, 0) is 29.7 Å². The summed E-state index contributed by atoms with van der Waals surface area (Å²) in [5.74, 6) is 0. The number of benzene rings is 1. The molecule has 0 saturated heterocycles. The average Bonchev–Trinajstić information content (AvgIpc) is 2.62. The Bertz CT molecular complexity index is 412. The van der Waals surface area contributed by atoms with Gasteiger partial charge in [-0.25, -0.2) is 0 Å². The van der Waals surface area contributed by atoms with E-state index in [2.05, 4.69) is 4.37 Å². The highest BCUT2D eigenvalue weighted by Crippen LogP contribution is 2.26. The molecular weight excluding hydrogens is 204 g/mol. The van der Waals surface area contributed by atoms with Gasteiger partial charge in [-0.2, -0.15) is 4.37 Å². The van der Waals surface area contributed by atoms with Crippen molar-refractivity contribution < 1.29 is 0 Å². The SMILES string of the molecule is Nc1ccc(-c2ccsn2)cc1Cl. The van der Waals surface area contributed by atoms with Gasteiger partial charge in [0.25, 0.3) is 0 Å². The fourth-order valence-corrected chi connectivity index (χ4v) is 1.76. The van der Waals surface area contributed by atoms with Crippen LogP contribution in [0.4, 0.5) is 5.69 Å². The highest BCUT2D eigenvalue weighted by atomic mass is 35.5. The van der Waals surface area contributed by atoms with Crippen LogP contribution in [0.25, 0.3) is 11.3 Å². The van der Waals surface area contributed by atoms with Crippen LogP contribution in [0, 0.1) is 0 Å². The molecule has 4 heteroatoms. The van der Waals surface area contributed by atoms with Gasteiger partial charge in [0.1, 0.15) is 0 Å². The number of hydrogen-bond acceptors (Lipinski definition) is 3. The van der Waals surface area contributed by atoms with E-state index in [0.29, 0.717) is 10.7 Å². The van der Waals surface area contributed by atoms with Crippen molar-refractivity contribution in [3.63, 3.8) is 0 Å². The second-order valence-electron chi connectivity index (χ2n) is 2.62. The third-order valence-electron chi connectivity index (χ3n) is 1.73. The minimum Gasteiger partial charge on any atom is -0.398 e. The number of anilines is 1. The summed E-state index contributed by atoms with van der Waals surface area (Å²) in [6.07, 6.45) is 0. The Balaban J connectivity index is 2.49. The Morgan fingerprint density at radius 3 is 2.77 bits per heavy atom. The van der Waals surface area contributed by atoms with Crippen molar-refractivity contribution in [3.8, 4) is 11.3 Å². The standard InChI is InChI=1S/C9H7ClN2S/c10-7-5-6(1-2-8(7)11)9-3-4-13-12-9/h1-5H,11H2. The Hall–Kier alpha value is -1.06. The van der Waals surface area contributed by atoms with Crippen LogP contribution in [-0.4, -0.2) is 4.37 Å². The molecule has 1 aromatic heterocycles. The molecule has 0 radical (unpaired) electrons. The lowest BCUT2D eigenvalue weighted by molar-refractivity contribution is 1.52. The lowest BCUT2D eigenvalue weighted by Gasteiger charge is -2.00. The van der Waals surface area contributed by atoms with Crippen LogP contribution in [0.5, 0.6) is 0 Å². The predicted molar refractivity (Wildman–Crippen MR) is 57.0 cm³/mol. The molecule has 2 rings (SSSR count). The molecule has 0 unspecified atom stereocenters. The Labute approximate surface area is 85.1 Å². The second kappa shape index (κ2) is 3.36. The zero-order valence-corrected chi connectivity index (χ0v) is 8.27. The van der Waals surface area contributed by atoms with Crippen LogP contribution >= 0.6 is 23.1 Å². The van der Waals surface area contributed by atoms with Crippen LogP contribution in [0.15, 0.2) is 29.6 Å². The van der Waals surface area contributed by atoms with Crippen molar-refractivity contribution in [2.24, 2.45) is 0 Å². The van der Waals surface area contributed by atoms with Crippen LogP contribution < -0.4 is 5.73 Å². The van der Waals surface area contributed by atoms with Gasteiger partial charge in [-0.15, -0.1) is 0 Å². The van der Waals surface area contributed by atoms with Gasteiger partial charge in [0.15, 0.2) is 0 Å². The maximum atomic E-state index is 5.88. The summed E-state index contributed by atoms with van der Waals surface area (Å²) in [5.41, 5.74) is 8.13. The average molecular weight is 211 g/mol. The lowest BCUT2D eigenvalue weighted by Crippen LogP contribution is -1.86. The topological polar surface area (TPSA) is 38.9 Å². The second-order valence-corrected chi connectivity index (χ2v) is 3.69. The predicted octanol–water partition coefficient (Wildman–Crippen LogP) is 3.05. The largest absolute Gasteiger partial charge is 0.398 e. The minimum absolute atomic E-state index is 0.575. The highest BCUT2D eigenvalue weighted by molar-refractivity contribution is 7.03. The molecule has 2 N–H and O–H groups in total. The van der Waals surface area contributed by atoms with Crippen molar-refractivity contribution in [3.05, 3.63) is 34.7 Å². The van der Waals surface area contributed by atoms with E-state index in [0.717, 1.165) is 11.3 Å². The molecule has 0 aliphatic rings. The molecule has 0 fully saturated rings. The first kappa shape index (κ1) is 8.53. The van der Waals surface area contributed by atoms with E-state index in [4.69, 9.17) is 17.3 Å². The van der Waals surface area contributed by atoms with E-state index in [-0.39, 0.29) is 0 Å². The number of rotatable bonds is 1. The number of nitrogens with two attached hydrogens (primary N) is 1. The van der Waals surface area contributed by atoms with E-state index in [9.17, 15) is 0 Å². The summed E-state index contributed by atoms with van der Waals surface area (Å²) in [5, 5.41) is 2.50. The fraction of sp³-hybridized carbons (Fsp3) is 0. The highest BCUT2D eigenvalue weighted by Gasteiger charge is 2.02. The van der Waals surface area contributed by atoms with Crippen LogP contribution in [0.3, 0.4) is 0 Å². The van der Waals surface area contributed by atoms with E-state index in [1.54, 1.807) is 6.07 Å². The van der Waals surface area contributed by atoms with Gasteiger partial charge in [0.05, 0.1) is 16.4 Å². The summed E-state index contributed by atoms with van der Waals surface area (Å²) in [4.78, 5) is 0. The maximum absolute atomic E-state index is 5.88. The summed E-state index contributed by atoms with van der Waals surface area (Å²) in [7, 11) is 0. The molecule has 2 nitrogen and oxygen atoms in total. The summed E-state index contributed by atoms with van der Waals surface area (Å²) >= 11 is 7.30. The molecule has 0 atom stereocenters. The van der Waals surface area contributed by atoms with E-state index in [1.807, 2.05) is 23.6 Å². The van der Waals surface area contributed by atoms with Crippen molar-refractivity contribution >= 4 is 28.8 Å². The number of halogens is 1. The maximum Gasteiger partial charge on any atom is 0.0841 e. The third-order valence-corrected chi connectivity index (χ3v) is 2.62. The molecule has 0 aliphatic heterocycles. The molecule has 1 heterocycles. The summed E-state index contributed by atoms with van der Waals surface area (Å²) < 4.78 is 4.20. The quantitative estimate of drug-likeness (QED) is 0.735. The molecule has 2 aromatic rings. The Kier molecular flexibility index (Phi) is 2.20. The van der Waals surface area contributed by atoms with Crippen LogP contribution in [0.1, 0.15) is 0 Å². The fourth-order valence-electron chi connectivity index (χ4n) is 1.05. The van der Waals surface area contributed by atoms with Crippen molar-refractivity contribution in [2.45, 2.75) is 0 Å². The first-order valence-corrected chi connectivity index (χ1v) is 4.94. The van der Waals surface area contributed by atoms with E-state index >= 15 is 0 Å². The first-order valence-electron chi connectivity index (χ1n) is 3.73. The molecule has 13 heavy (non-hydrogen) atoms. The van der Waals surface area contributed by atoms with Gasteiger partial charge in [-0.1, -0.05) is 17.7 Å². The number of aromatic nitrogens is 1. The normalized spacial score (nSPS) is 10.2. The smallest absolute Gasteiger partial charge is 0.0841 e. The van der Waals surface area contributed by atoms with Gasteiger partial charge in [-0.3, -0.25) is 0 Å². The van der Waals surface area contributed by atoms with Crippen molar-refractivity contribution in [1.29, 1.82) is 0 Å². The summed E-state index contributed by atoms with van der Waals surface area (Å²) in [6.45, 7) is 0. The van der Waals surface area contributed by atoms with Crippen LogP contribution in [-0.2, 0) is 0 Å². The molecule has 0 bridgehead atoms. The molecular formula is C9H7ClN2S. The molecule has 1 aromatic carbocycles. The van der Waals surface area contributed by atoms with Gasteiger partial charge in [0.2, 0.25) is 0 Å². The molecule has 0 aliphatic carbocycles. The lowest BCUT2D eigenvalue weighted by atomic mass is 10.1. The zero-order chi connectivity index (χ0) is 9.26. The summed E-state index contributed by atoms with van der Waals surface area (Å²) in [6, 6.07) is 7.48. The van der Waals surface area contributed by atoms with Crippen LogP contribution in [0.2, 0.25) is 5.02 Å². The van der Waals surface area contributed by atoms with Crippen molar-refractivity contribution in [1.82, 2.24) is 4.37 Å². The first-order chi connectivity index (χ1) is 6.27. The number of nitrogen functional groups attached to an aromatic ring is 1. The van der Waals surface area contributed by atoms with E-state index < -0.39 is 0 Å². The van der Waals surface area contributed by atoms with Gasteiger partial charge < -0.3 is 5.73 Å². The number of nitrogens with zero attached hydrogens (tertiary/aromatic N) is 1. The van der Waals surface area contributed by atoms with E-state index in [1.165, 1.54) is 11.5 Å². The monoisotopic (exact) mass is 210 g/mol. The third kappa shape index (κ3) is 1.66. The Morgan fingerprint density at radius 2 is 2.15 bits per heavy atom. The molecule has 0 saturated carbocycles. The molecule has 66 valence electrons. The van der Waals surface area contributed by atoms with Gasteiger partial charge in [0, 0.05) is 10.9 Å². The van der Waals surface area contributed by atoms with Crippen molar-refractivity contribution in [2.75, 3.05) is 5.73 Å².